The Kier molecular flexibility index (Phi) is 12.5. The first kappa shape index (κ1) is 46.5. The number of aliphatic hydroxyl groups is 1. The summed E-state index contributed by atoms with van der Waals surface area (Å²) in [6, 6.07) is 18.6. The van der Waals surface area contributed by atoms with Crippen LogP contribution in [0.15, 0.2) is 82.8 Å². The van der Waals surface area contributed by atoms with Gasteiger partial charge >= 0.3 is 0 Å². The van der Waals surface area contributed by atoms with Crippen molar-refractivity contribution in [3.05, 3.63) is 106 Å². The third kappa shape index (κ3) is 9.30. The fourth-order valence-electron chi connectivity index (χ4n) is 11.6. The van der Waals surface area contributed by atoms with Crippen molar-refractivity contribution >= 4 is 50.1 Å². The maximum Gasteiger partial charge on any atom is 0.288 e. The molecule has 5 aromatic rings. The van der Waals surface area contributed by atoms with E-state index in [0.717, 1.165) is 63.5 Å². The number of piperidine rings is 1. The Balaban J connectivity index is 0.853. The second kappa shape index (κ2) is 18.3. The van der Waals surface area contributed by atoms with Crippen molar-refractivity contribution < 1.29 is 37.1 Å². The summed E-state index contributed by atoms with van der Waals surface area (Å²) >= 11 is 1.30. The molecule has 5 heterocycles. The maximum absolute atomic E-state index is 14.7. The molecule has 3 aromatic carbocycles. The highest BCUT2D eigenvalue weighted by atomic mass is 32.2. The molecule has 3 N–H and O–H groups in total. The number of nitrogens with one attached hydrogen (secondary N) is 2. The number of thioether (sulfide) groups is 1. The highest BCUT2D eigenvalue weighted by Gasteiger charge is 2.50. The Morgan fingerprint density at radius 2 is 1.84 bits per heavy atom. The van der Waals surface area contributed by atoms with Gasteiger partial charge in [-0.1, -0.05) is 38.1 Å². The molecule has 1 amide bonds. The first-order valence-electron chi connectivity index (χ1n) is 24.0. The van der Waals surface area contributed by atoms with Gasteiger partial charge in [0.15, 0.2) is 0 Å². The summed E-state index contributed by atoms with van der Waals surface area (Å²) in [5, 5.41) is 22.9. The molecule has 2 aliphatic carbocycles. The maximum atomic E-state index is 14.7. The lowest BCUT2D eigenvalue weighted by Gasteiger charge is -2.56. The predicted octanol–water partition coefficient (Wildman–Crippen LogP) is 10.4. The van der Waals surface area contributed by atoms with E-state index in [9.17, 15) is 32.8 Å². The topological polar surface area (TPSA) is 180 Å². The molecule has 0 unspecified atom stereocenters. The highest BCUT2D eigenvalue weighted by Crippen LogP contribution is 2.55. The van der Waals surface area contributed by atoms with Crippen molar-refractivity contribution in [2.45, 2.75) is 130 Å². The first-order chi connectivity index (χ1) is 32.5. The predicted molar refractivity (Wildman–Crippen MR) is 259 cm³/mol. The molecule has 10 rings (SSSR count). The number of fused-ring (bicyclic) bond motifs is 2. The van der Waals surface area contributed by atoms with E-state index in [0.29, 0.717) is 42.4 Å². The number of likely N-dealkylation sites (tertiary alicyclic amines) is 1. The zero-order chi connectivity index (χ0) is 47.5. The molecule has 5 aliphatic rings. The van der Waals surface area contributed by atoms with Gasteiger partial charge in [0.2, 0.25) is 0 Å². The van der Waals surface area contributed by atoms with Crippen LogP contribution in [0.5, 0.6) is 17.2 Å². The first-order valence-corrected chi connectivity index (χ1v) is 26.4. The van der Waals surface area contributed by atoms with Gasteiger partial charge in [0.25, 0.3) is 21.6 Å². The van der Waals surface area contributed by atoms with Crippen LogP contribution in [0.1, 0.15) is 125 Å². The molecule has 2 atom stereocenters. The fourth-order valence-corrected chi connectivity index (χ4v) is 13.9. The van der Waals surface area contributed by atoms with Gasteiger partial charge in [-0.05, 0) is 131 Å². The number of halogens is 1. The number of carbonyl (C=O) groups is 1. The highest BCUT2D eigenvalue weighted by molar-refractivity contribution is 8.00. The van der Waals surface area contributed by atoms with Crippen LogP contribution in [-0.4, -0.2) is 82.4 Å². The number of hydrogen-bond acceptors (Lipinski definition) is 12. The van der Waals surface area contributed by atoms with Gasteiger partial charge in [0.1, 0.15) is 40.2 Å². The molecule has 4 fully saturated rings. The lowest BCUT2D eigenvalue weighted by atomic mass is 9.59. The molecule has 17 heteroatoms. The van der Waals surface area contributed by atoms with Crippen LogP contribution in [0.2, 0.25) is 0 Å². The molecule has 0 radical (unpaired) electrons. The number of benzene rings is 3. The van der Waals surface area contributed by atoms with Crippen molar-refractivity contribution in [2.75, 3.05) is 31.1 Å². The second-order valence-electron chi connectivity index (χ2n) is 20.4. The third-order valence-electron chi connectivity index (χ3n) is 15.4. The number of aromatic amines is 1. The quantitative estimate of drug-likeness (QED) is 0.0797. The van der Waals surface area contributed by atoms with E-state index in [2.05, 4.69) is 62.6 Å². The van der Waals surface area contributed by atoms with Crippen molar-refractivity contribution in [3.8, 4) is 17.2 Å². The lowest BCUT2D eigenvalue weighted by Crippen LogP contribution is -2.54. The Bertz CT molecular complexity index is 2850. The minimum Gasteiger partial charge on any atom is -0.491 e. The van der Waals surface area contributed by atoms with Crippen LogP contribution < -0.4 is 19.1 Å². The molecule has 1 spiro atoms. The van der Waals surface area contributed by atoms with E-state index < -0.39 is 42.9 Å². The largest absolute Gasteiger partial charge is 0.491 e. The number of H-pyrrole nitrogens is 1. The number of anilines is 1. The standard InChI is InChI=1S/C51H59FN6O8S2/c1-31(2)38-7-4-5-8-39(38)43-9-6-18-57(43)34-26-51(27-34)16-19-56(20-17-51)33-10-11-40(45(22-33)66-35-23-41-42(52)29-54-48(41)53-28-35)49(59)55-68(63,64)37-24-44(58(61)62)47-46(25-37)65-30-36(67-47)21-32-12-14-50(3,60)15-13-32/h4-5,7-8,10-11,22-25,28-29,31-32,34,36,43,60H,6,9,12-21,26-27,30H2,1-3H3,(H,53,54)(H,55,59)/t32-,36-,43-,50-/m0/s1. The van der Waals surface area contributed by atoms with Gasteiger partial charge in [-0.2, -0.15) is 0 Å². The number of sulfonamides is 1. The van der Waals surface area contributed by atoms with E-state index >= 15 is 0 Å². The van der Waals surface area contributed by atoms with Crippen LogP contribution in [0.4, 0.5) is 15.8 Å². The molecule has 14 nitrogen and oxygen atoms in total. The van der Waals surface area contributed by atoms with Gasteiger partial charge < -0.3 is 24.5 Å². The molecule has 68 heavy (non-hydrogen) atoms. The number of aromatic nitrogens is 2. The van der Waals surface area contributed by atoms with Gasteiger partial charge in [-0.15, -0.1) is 11.8 Å². The van der Waals surface area contributed by atoms with E-state index in [1.54, 1.807) is 12.1 Å². The molecular weight excluding hydrogens is 908 g/mol. The number of rotatable bonds is 12. The van der Waals surface area contributed by atoms with Crippen molar-refractivity contribution in [1.82, 2.24) is 19.6 Å². The zero-order valence-corrected chi connectivity index (χ0v) is 40.3. The minimum atomic E-state index is -4.69. The average molecular weight is 967 g/mol. The monoisotopic (exact) mass is 966 g/mol. The number of carbonyl (C=O) groups excluding carboxylic acids is 1. The number of nitrogens with zero attached hydrogens (tertiary/aromatic N) is 4. The van der Waals surface area contributed by atoms with Crippen molar-refractivity contribution in [3.63, 3.8) is 0 Å². The van der Waals surface area contributed by atoms with E-state index in [1.807, 2.05) is 6.92 Å². The van der Waals surface area contributed by atoms with Gasteiger partial charge in [-0.25, -0.2) is 22.5 Å². The third-order valence-corrected chi connectivity index (χ3v) is 18.0. The Labute approximate surface area is 400 Å². The Hall–Kier alpha value is -5.23. The molecular formula is C51H59FN6O8S2. The number of pyridine rings is 1. The summed E-state index contributed by atoms with van der Waals surface area (Å²) in [6.07, 6.45) is 13.1. The summed E-state index contributed by atoms with van der Waals surface area (Å²) in [7, 11) is -4.69. The smallest absolute Gasteiger partial charge is 0.288 e. The molecule has 360 valence electrons. The van der Waals surface area contributed by atoms with E-state index in [-0.39, 0.29) is 50.4 Å². The van der Waals surface area contributed by atoms with E-state index in [1.165, 1.54) is 79.2 Å². The number of nitro benzene ring substituents is 1. The van der Waals surface area contributed by atoms with Gasteiger partial charge in [-0.3, -0.25) is 19.8 Å². The normalized spacial score (nSPS) is 24.1. The summed E-state index contributed by atoms with van der Waals surface area (Å²) in [6.45, 7) is 9.32. The zero-order valence-electron chi connectivity index (χ0n) is 38.7. The second-order valence-corrected chi connectivity index (χ2v) is 23.4. The summed E-state index contributed by atoms with van der Waals surface area (Å²) in [5.74, 6) is -0.526. The van der Waals surface area contributed by atoms with Crippen LogP contribution in [0, 0.1) is 27.3 Å². The lowest BCUT2D eigenvalue weighted by molar-refractivity contribution is -0.388. The molecule has 2 aromatic heterocycles. The number of ether oxygens (including phenoxy) is 2. The van der Waals surface area contributed by atoms with Crippen molar-refractivity contribution in [1.29, 1.82) is 0 Å². The van der Waals surface area contributed by atoms with Gasteiger partial charge in [0, 0.05) is 60.5 Å². The number of amides is 1. The van der Waals surface area contributed by atoms with Gasteiger partial charge in [0.05, 0.1) is 32.6 Å². The molecule has 2 saturated heterocycles. The van der Waals surface area contributed by atoms with Crippen molar-refractivity contribution in [2.24, 2.45) is 11.3 Å². The SMILES string of the molecule is CC(C)c1ccccc1[C@@H]1CCCN1C1CC2(CCN(c3ccc(C(=O)NS(=O)(=O)c4cc5c(c([N+](=O)[O-])c4)S[C@@H](C[C@H]4CC[C@](C)(O)CC4)CO5)c(Oc4cnc5[nH]cc(F)c5c4)c3)CC2)C1. The van der Waals surface area contributed by atoms with Crippen LogP contribution in [0.3, 0.4) is 0 Å². The van der Waals surface area contributed by atoms with E-state index in [4.69, 9.17) is 9.47 Å². The molecule has 3 aliphatic heterocycles. The number of nitro groups is 1. The van der Waals surface area contributed by atoms with Crippen LogP contribution >= 0.6 is 11.8 Å². The molecule has 0 bridgehead atoms. The summed E-state index contributed by atoms with van der Waals surface area (Å²) in [5.41, 5.74) is 3.05. The minimum absolute atomic E-state index is 0.0295. The summed E-state index contributed by atoms with van der Waals surface area (Å²) < 4.78 is 57.0. The van der Waals surface area contributed by atoms with Crippen LogP contribution in [0.25, 0.3) is 11.0 Å². The average Bonchev–Trinajstić information content (AvgIpc) is 3.94. The Morgan fingerprint density at radius 3 is 2.59 bits per heavy atom. The fraction of sp³-hybridized carbons (Fsp3) is 0.490. The molecule has 2 saturated carbocycles. The van der Waals surface area contributed by atoms with Crippen LogP contribution in [-0.2, 0) is 10.0 Å². The number of hydrogen-bond donors (Lipinski definition) is 3. The Morgan fingerprint density at radius 1 is 1.07 bits per heavy atom. The summed E-state index contributed by atoms with van der Waals surface area (Å²) in [4.78, 5) is 37.7.